The Morgan fingerprint density at radius 2 is 2.12 bits per heavy atom. The van der Waals surface area contributed by atoms with Crippen LogP contribution in [0.5, 0.6) is 0 Å². The van der Waals surface area contributed by atoms with Crippen LogP contribution in [-0.4, -0.2) is 34.4 Å². The van der Waals surface area contributed by atoms with Crippen LogP contribution in [-0.2, 0) is 13.1 Å². The summed E-state index contributed by atoms with van der Waals surface area (Å²) in [7, 11) is 1.65. The summed E-state index contributed by atoms with van der Waals surface area (Å²) in [6, 6.07) is 1.69. The summed E-state index contributed by atoms with van der Waals surface area (Å²) in [5.41, 5.74) is 6.37. The van der Waals surface area contributed by atoms with E-state index in [1.54, 1.807) is 22.7 Å². The molecule has 0 aliphatic rings. The minimum atomic E-state index is -4.11. The molecule has 0 saturated carbocycles. The molecule has 0 fully saturated rings. The highest BCUT2D eigenvalue weighted by Crippen LogP contribution is 2.20. The summed E-state index contributed by atoms with van der Waals surface area (Å²) in [5.74, 6) is 0.395. The second-order valence-electron chi connectivity index (χ2n) is 3.98. The van der Waals surface area contributed by atoms with Gasteiger partial charge in [-0.3, -0.25) is 4.68 Å². The summed E-state index contributed by atoms with van der Waals surface area (Å²) in [4.78, 5) is 1.61. The zero-order chi connectivity index (χ0) is 13.1. The molecular formula is C10H17F3N4. The molecule has 0 spiro atoms. The number of halogens is 3. The van der Waals surface area contributed by atoms with Gasteiger partial charge in [0.05, 0.1) is 12.1 Å². The van der Waals surface area contributed by atoms with E-state index in [0.717, 1.165) is 5.69 Å². The van der Waals surface area contributed by atoms with E-state index in [1.165, 1.54) is 0 Å². The van der Waals surface area contributed by atoms with Crippen molar-refractivity contribution in [2.75, 3.05) is 19.3 Å². The molecule has 2 N–H and O–H groups in total. The molecule has 0 aromatic carbocycles. The van der Waals surface area contributed by atoms with E-state index in [2.05, 4.69) is 5.10 Å². The van der Waals surface area contributed by atoms with Gasteiger partial charge in [0, 0.05) is 25.7 Å². The third-order valence-electron chi connectivity index (χ3n) is 2.39. The van der Waals surface area contributed by atoms with E-state index >= 15 is 0 Å². The fourth-order valence-corrected chi connectivity index (χ4v) is 1.55. The molecular weight excluding hydrogens is 233 g/mol. The lowest BCUT2D eigenvalue weighted by Crippen LogP contribution is -2.25. The van der Waals surface area contributed by atoms with Crippen molar-refractivity contribution in [3.8, 4) is 0 Å². The van der Waals surface area contributed by atoms with Gasteiger partial charge in [-0.2, -0.15) is 18.3 Å². The maximum atomic E-state index is 12.0. The van der Waals surface area contributed by atoms with Crippen LogP contribution in [0.4, 0.5) is 19.0 Å². The molecule has 1 aromatic heterocycles. The highest BCUT2D eigenvalue weighted by Gasteiger charge is 2.27. The van der Waals surface area contributed by atoms with E-state index in [9.17, 15) is 13.2 Å². The Morgan fingerprint density at radius 3 is 2.65 bits per heavy atom. The lowest BCUT2D eigenvalue weighted by molar-refractivity contribution is -0.137. The van der Waals surface area contributed by atoms with Crippen molar-refractivity contribution >= 4 is 5.82 Å². The topological polar surface area (TPSA) is 47.1 Å². The fourth-order valence-electron chi connectivity index (χ4n) is 1.55. The van der Waals surface area contributed by atoms with E-state index in [-0.39, 0.29) is 6.54 Å². The molecule has 17 heavy (non-hydrogen) atoms. The average Bonchev–Trinajstić information content (AvgIpc) is 2.55. The summed E-state index contributed by atoms with van der Waals surface area (Å²) < 4.78 is 37.8. The van der Waals surface area contributed by atoms with Crippen molar-refractivity contribution in [3.05, 3.63) is 11.8 Å². The number of nitrogen functional groups attached to an aromatic ring is 1. The predicted molar refractivity (Wildman–Crippen MR) is 59.3 cm³/mol. The number of alkyl halides is 3. The highest BCUT2D eigenvalue weighted by molar-refractivity contribution is 5.29. The molecule has 98 valence electrons. The van der Waals surface area contributed by atoms with Gasteiger partial charge in [-0.25, -0.2) is 0 Å². The normalized spacial score (nSPS) is 12.4. The highest BCUT2D eigenvalue weighted by atomic mass is 19.4. The number of hydrogen-bond acceptors (Lipinski definition) is 3. The molecule has 0 bridgehead atoms. The minimum Gasteiger partial charge on any atom is -0.382 e. The Labute approximate surface area is 98.2 Å². The third kappa shape index (κ3) is 4.64. The van der Waals surface area contributed by atoms with E-state index in [1.807, 2.05) is 6.92 Å². The Kier molecular flexibility index (Phi) is 4.39. The Hall–Kier alpha value is -1.24. The third-order valence-corrected chi connectivity index (χ3v) is 2.39. The van der Waals surface area contributed by atoms with Gasteiger partial charge in [-0.15, -0.1) is 0 Å². The molecule has 0 unspecified atom stereocenters. The summed E-state index contributed by atoms with van der Waals surface area (Å²) in [6.07, 6.45) is -4.92. The maximum Gasteiger partial charge on any atom is 0.390 e. The van der Waals surface area contributed by atoms with E-state index in [0.29, 0.717) is 18.9 Å². The SMILES string of the molecule is CCn1nc(N)cc1CN(C)CCC(F)(F)F. The standard InChI is InChI=1S/C10H17F3N4/c1-3-17-8(6-9(14)15-17)7-16(2)5-4-10(11,12)13/h6H,3-5,7H2,1-2H3,(H2,14,15). The van der Waals surface area contributed by atoms with Crippen molar-refractivity contribution in [1.82, 2.24) is 14.7 Å². The van der Waals surface area contributed by atoms with E-state index < -0.39 is 12.6 Å². The molecule has 0 atom stereocenters. The van der Waals surface area contributed by atoms with Crippen LogP contribution in [0.2, 0.25) is 0 Å². The smallest absolute Gasteiger partial charge is 0.382 e. The number of aryl methyl sites for hydroxylation is 1. The molecule has 0 amide bonds. The lowest BCUT2D eigenvalue weighted by atomic mass is 10.3. The molecule has 0 saturated heterocycles. The molecule has 1 aromatic rings. The number of aromatic nitrogens is 2. The van der Waals surface area contributed by atoms with Crippen molar-refractivity contribution in [2.45, 2.75) is 32.6 Å². The molecule has 0 aliphatic carbocycles. The number of nitrogens with zero attached hydrogens (tertiary/aromatic N) is 3. The number of hydrogen-bond donors (Lipinski definition) is 1. The Morgan fingerprint density at radius 1 is 1.47 bits per heavy atom. The first kappa shape index (κ1) is 13.8. The first-order chi connectivity index (χ1) is 7.81. The van der Waals surface area contributed by atoms with Gasteiger partial charge in [0.25, 0.3) is 0 Å². The van der Waals surface area contributed by atoms with Gasteiger partial charge < -0.3 is 10.6 Å². The Bertz CT molecular complexity index is 359. The average molecular weight is 250 g/mol. The fraction of sp³-hybridized carbons (Fsp3) is 0.700. The van der Waals surface area contributed by atoms with Gasteiger partial charge in [0.1, 0.15) is 5.82 Å². The summed E-state index contributed by atoms with van der Waals surface area (Å²) in [6.45, 7) is 2.94. The number of anilines is 1. The monoisotopic (exact) mass is 250 g/mol. The van der Waals surface area contributed by atoms with Gasteiger partial charge in [0.15, 0.2) is 0 Å². The lowest BCUT2D eigenvalue weighted by Gasteiger charge is -2.17. The molecule has 1 rings (SSSR count). The first-order valence-electron chi connectivity index (χ1n) is 5.39. The predicted octanol–water partition coefficient (Wildman–Crippen LogP) is 1.87. The minimum absolute atomic E-state index is 0.0295. The van der Waals surface area contributed by atoms with Crippen molar-refractivity contribution in [2.24, 2.45) is 0 Å². The summed E-state index contributed by atoms with van der Waals surface area (Å²) >= 11 is 0. The van der Waals surface area contributed by atoms with Crippen LogP contribution >= 0.6 is 0 Å². The maximum absolute atomic E-state index is 12.0. The quantitative estimate of drug-likeness (QED) is 0.867. The second kappa shape index (κ2) is 5.39. The van der Waals surface area contributed by atoms with E-state index in [4.69, 9.17) is 5.73 Å². The van der Waals surface area contributed by atoms with Crippen LogP contribution in [0.3, 0.4) is 0 Å². The van der Waals surface area contributed by atoms with Crippen molar-refractivity contribution < 1.29 is 13.2 Å². The summed E-state index contributed by atoms with van der Waals surface area (Å²) in [5, 5.41) is 4.04. The van der Waals surface area contributed by atoms with Crippen LogP contribution in [0, 0.1) is 0 Å². The van der Waals surface area contributed by atoms with Gasteiger partial charge in [0.2, 0.25) is 0 Å². The van der Waals surface area contributed by atoms with Gasteiger partial charge in [-0.1, -0.05) is 0 Å². The van der Waals surface area contributed by atoms with Gasteiger partial charge >= 0.3 is 6.18 Å². The molecule has 0 radical (unpaired) electrons. The number of rotatable bonds is 5. The molecule has 0 aliphatic heterocycles. The zero-order valence-electron chi connectivity index (χ0n) is 9.96. The Balaban J connectivity index is 2.52. The van der Waals surface area contributed by atoms with Crippen LogP contribution < -0.4 is 5.73 Å². The van der Waals surface area contributed by atoms with Gasteiger partial charge in [-0.05, 0) is 14.0 Å². The van der Waals surface area contributed by atoms with Crippen molar-refractivity contribution in [3.63, 3.8) is 0 Å². The van der Waals surface area contributed by atoms with Crippen LogP contribution in [0.1, 0.15) is 19.0 Å². The zero-order valence-corrected chi connectivity index (χ0v) is 9.96. The molecule has 4 nitrogen and oxygen atoms in total. The van der Waals surface area contributed by atoms with Crippen LogP contribution in [0.25, 0.3) is 0 Å². The van der Waals surface area contributed by atoms with Crippen molar-refractivity contribution in [1.29, 1.82) is 0 Å². The molecule has 7 heteroatoms. The molecule has 1 heterocycles. The first-order valence-corrected chi connectivity index (χ1v) is 5.39. The largest absolute Gasteiger partial charge is 0.390 e. The number of nitrogens with two attached hydrogens (primary N) is 1. The van der Waals surface area contributed by atoms with Crippen LogP contribution in [0.15, 0.2) is 6.07 Å². The second-order valence-corrected chi connectivity index (χ2v) is 3.98.